The second-order valence-electron chi connectivity index (χ2n) is 6.55. The molecule has 0 spiro atoms. The van der Waals surface area contributed by atoms with Gasteiger partial charge in [-0.05, 0) is 0 Å². The van der Waals surface area contributed by atoms with E-state index in [0.717, 1.165) is 12.4 Å². The van der Waals surface area contributed by atoms with E-state index in [1.54, 1.807) is 0 Å². The number of nitrogens with two attached hydrogens (primary N) is 1. The molecule has 0 bridgehead atoms. The molecule has 21 heteroatoms. The lowest BCUT2D eigenvalue weighted by molar-refractivity contribution is -0.0952. The van der Waals surface area contributed by atoms with Crippen LogP contribution in [0.15, 0.2) is 25.3 Å². The lowest BCUT2D eigenvalue weighted by Crippen LogP contribution is -2.45. The number of aromatic nitrogens is 4. The van der Waals surface area contributed by atoms with Crippen LogP contribution in [0.2, 0.25) is 0 Å². The third-order valence-electron chi connectivity index (χ3n) is 4.33. The van der Waals surface area contributed by atoms with E-state index >= 15 is 0 Å². The average molecular weight is 533 g/mol. The van der Waals surface area contributed by atoms with Gasteiger partial charge in [0.25, 0.3) is 0 Å². The minimum absolute atomic E-state index is 0.0226. The third kappa shape index (κ3) is 5.55. The quantitative estimate of drug-likeness (QED) is 0.149. The first-order chi connectivity index (χ1) is 15.1. The molecule has 0 aliphatic carbocycles. The van der Waals surface area contributed by atoms with E-state index in [0.29, 0.717) is 0 Å². The Hall–Kier alpha value is -1.62. The number of phosphoric acid groups is 3. The Morgan fingerprint density at radius 2 is 1.82 bits per heavy atom. The summed E-state index contributed by atoms with van der Waals surface area (Å²) in [5.74, 6) is 0.0226. The van der Waals surface area contributed by atoms with Crippen molar-refractivity contribution in [1.82, 2.24) is 19.5 Å². The van der Waals surface area contributed by atoms with Crippen LogP contribution in [0.5, 0.6) is 0 Å². The summed E-state index contributed by atoms with van der Waals surface area (Å²) in [6.07, 6.45) is -1.69. The molecule has 2 aromatic heterocycles. The molecular formula is C12H18N5O13P3. The van der Waals surface area contributed by atoms with Gasteiger partial charge in [-0.2, -0.15) is 8.62 Å². The lowest BCUT2D eigenvalue weighted by atomic mass is 9.96. The number of hydrogen-bond acceptors (Lipinski definition) is 13. The highest BCUT2D eigenvalue weighted by atomic mass is 31.3. The zero-order valence-corrected chi connectivity index (χ0v) is 18.8. The van der Waals surface area contributed by atoms with Gasteiger partial charge in [0, 0.05) is 0 Å². The summed E-state index contributed by atoms with van der Waals surface area (Å²) < 4.78 is 52.7. The molecule has 1 fully saturated rings. The molecule has 18 nitrogen and oxygen atoms in total. The first kappa shape index (κ1) is 26.0. The van der Waals surface area contributed by atoms with Crippen LogP contribution in [0.25, 0.3) is 11.2 Å². The van der Waals surface area contributed by atoms with Gasteiger partial charge in [-0.15, -0.1) is 6.58 Å². The predicted molar refractivity (Wildman–Crippen MR) is 105 cm³/mol. The Kier molecular flexibility index (Phi) is 6.98. The number of aliphatic hydroxyl groups excluding tert-OH is 2. The number of fused-ring (bicyclic) bond motifs is 1. The second-order valence-corrected chi connectivity index (χ2v) is 11.0. The number of imidazole rings is 1. The molecule has 1 aliphatic heterocycles. The highest BCUT2D eigenvalue weighted by Crippen LogP contribution is 2.66. The number of aliphatic hydroxyl groups is 2. The molecule has 0 amide bonds. The van der Waals surface area contributed by atoms with Crippen molar-refractivity contribution in [3.8, 4) is 0 Å². The highest BCUT2D eigenvalue weighted by Gasteiger charge is 2.55. The molecule has 8 N–H and O–H groups in total. The largest absolute Gasteiger partial charge is 0.490 e. The maximum absolute atomic E-state index is 12.0. The Morgan fingerprint density at radius 1 is 1.15 bits per heavy atom. The van der Waals surface area contributed by atoms with Crippen LogP contribution in [0.3, 0.4) is 0 Å². The van der Waals surface area contributed by atoms with E-state index in [2.05, 4.69) is 34.7 Å². The number of anilines is 1. The Morgan fingerprint density at radius 3 is 2.42 bits per heavy atom. The molecule has 3 rings (SSSR count). The summed E-state index contributed by atoms with van der Waals surface area (Å²) >= 11 is 0. The number of nitrogen functional groups attached to an aromatic ring is 1. The molecule has 0 radical (unpaired) electrons. The summed E-state index contributed by atoms with van der Waals surface area (Å²) in [5.41, 5.74) is 3.90. The van der Waals surface area contributed by atoms with Gasteiger partial charge in [-0.1, -0.05) is 6.08 Å². The van der Waals surface area contributed by atoms with Crippen LogP contribution in [0.4, 0.5) is 5.82 Å². The maximum atomic E-state index is 12.0. The Bertz CT molecular complexity index is 1200. The van der Waals surface area contributed by atoms with Crippen molar-refractivity contribution in [2.45, 2.75) is 24.0 Å². The number of phosphoric ester groups is 1. The minimum atomic E-state index is -5.76. The van der Waals surface area contributed by atoms with Gasteiger partial charge in [-0.3, -0.25) is 9.09 Å². The Labute approximate surface area is 183 Å². The molecule has 2 aromatic rings. The van der Waals surface area contributed by atoms with Crippen molar-refractivity contribution in [3.05, 3.63) is 25.3 Å². The summed E-state index contributed by atoms with van der Waals surface area (Å²) in [5, 5.41) is 21.0. The van der Waals surface area contributed by atoms with Gasteiger partial charge in [0.2, 0.25) is 0 Å². The van der Waals surface area contributed by atoms with E-state index in [-0.39, 0.29) is 17.0 Å². The molecule has 184 valence electrons. The fourth-order valence-corrected chi connectivity index (χ4v) is 5.98. The second kappa shape index (κ2) is 8.87. The van der Waals surface area contributed by atoms with Gasteiger partial charge in [0.05, 0.1) is 12.9 Å². The smallest absolute Gasteiger partial charge is 0.387 e. The average Bonchev–Trinajstić information content (AvgIpc) is 3.19. The van der Waals surface area contributed by atoms with Crippen LogP contribution < -0.4 is 5.73 Å². The monoisotopic (exact) mass is 533 g/mol. The summed E-state index contributed by atoms with van der Waals surface area (Å²) in [7, 11) is -16.9. The fourth-order valence-electron chi connectivity index (χ4n) is 2.92. The predicted octanol–water partition coefficient (Wildman–Crippen LogP) is -1.07. The third-order valence-corrected chi connectivity index (χ3v) is 8.12. The zero-order valence-electron chi connectivity index (χ0n) is 16.1. The van der Waals surface area contributed by atoms with E-state index in [1.165, 1.54) is 10.9 Å². The topological polar surface area (TPSA) is 279 Å². The standard InChI is InChI=1S/C12H18N5O13P3/c1-2-12(3-27-32(23,24)30-33(25,26)29-31(20,21)22)8(19)7(18)11(28-12)17-5-16-6-9(13)14-4-15-10(6)17/h2,4-5,7-8,11,18-19H,1,3H2,(H,23,24)(H,25,26)(H2,13,14,15)(H2,20,21,22)/t7-,8+,11-,12-/m1/s1. The van der Waals surface area contributed by atoms with E-state index in [1.807, 2.05) is 0 Å². The SMILES string of the molecule is C=C[C@]1(COP(=O)(O)OP(=O)(O)OP(=O)(O)O)O[C@@H](n2cnc3c(N)ncnc32)[C@H](O)[C@@H]1O. The van der Waals surface area contributed by atoms with Gasteiger partial charge >= 0.3 is 23.5 Å². The number of rotatable bonds is 9. The first-order valence-corrected chi connectivity index (χ1v) is 13.0. The maximum Gasteiger partial charge on any atom is 0.490 e. The van der Waals surface area contributed by atoms with E-state index in [9.17, 15) is 33.7 Å². The minimum Gasteiger partial charge on any atom is -0.387 e. The number of nitrogens with zero attached hydrogens (tertiary/aromatic N) is 4. The van der Waals surface area contributed by atoms with Crippen LogP contribution in [-0.4, -0.2) is 73.7 Å². The van der Waals surface area contributed by atoms with Gasteiger partial charge in [0.15, 0.2) is 17.7 Å². The van der Waals surface area contributed by atoms with Crippen molar-refractivity contribution >= 4 is 40.4 Å². The fraction of sp³-hybridized carbons (Fsp3) is 0.417. The van der Waals surface area contributed by atoms with E-state index < -0.39 is 54.1 Å². The zero-order chi connectivity index (χ0) is 24.8. The molecule has 1 saturated heterocycles. The number of hydrogen-bond donors (Lipinski definition) is 7. The highest BCUT2D eigenvalue weighted by molar-refractivity contribution is 7.66. The first-order valence-electron chi connectivity index (χ1n) is 8.49. The van der Waals surface area contributed by atoms with Gasteiger partial charge < -0.3 is 40.3 Å². The van der Waals surface area contributed by atoms with Crippen LogP contribution >= 0.6 is 23.5 Å². The van der Waals surface area contributed by atoms with Crippen molar-refractivity contribution in [1.29, 1.82) is 0 Å². The van der Waals surface area contributed by atoms with Crippen molar-refractivity contribution in [2.24, 2.45) is 0 Å². The summed E-state index contributed by atoms with van der Waals surface area (Å²) in [4.78, 5) is 47.7. The molecule has 2 unspecified atom stereocenters. The van der Waals surface area contributed by atoms with Crippen molar-refractivity contribution < 1.29 is 61.4 Å². The molecule has 6 atom stereocenters. The Balaban J connectivity index is 1.81. The van der Waals surface area contributed by atoms with Gasteiger partial charge in [-0.25, -0.2) is 28.6 Å². The van der Waals surface area contributed by atoms with Gasteiger partial charge in [0.1, 0.15) is 29.7 Å². The molecule has 0 aromatic carbocycles. The molecule has 3 heterocycles. The lowest BCUT2D eigenvalue weighted by Gasteiger charge is -2.28. The van der Waals surface area contributed by atoms with Crippen LogP contribution in [0.1, 0.15) is 6.23 Å². The van der Waals surface area contributed by atoms with Crippen molar-refractivity contribution in [3.63, 3.8) is 0 Å². The normalized spacial score (nSPS) is 29.6. The summed E-state index contributed by atoms with van der Waals surface area (Å²) in [6.45, 7) is 2.34. The molecular weight excluding hydrogens is 515 g/mol. The van der Waals surface area contributed by atoms with Crippen LogP contribution in [0, 0.1) is 0 Å². The van der Waals surface area contributed by atoms with Crippen LogP contribution in [-0.2, 0) is 31.6 Å². The molecule has 1 aliphatic rings. The number of ether oxygens (including phenoxy) is 1. The molecule has 0 saturated carbocycles. The van der Waals surface area contributed by atoms with Crippen molar-refractivity contribution in [2.75, 3.05) is 12.3 Å². The van der Waals surface area contributed by atoms with E-state index in [4.69, 9.17) is 20.3 Å². The molecule has 33 heavy (non-hydrogen) atoms. The summed E-state index contributed by atoms with van der Waals surface area (Å²) in [6, 6.07) is 0.